The second-order valence-corrected chi connectivity index (χ2v) is 6.53. The molecule has 2 heteroatoms. The van der Waals surface area contributed by atoms with Crippen molar-refractivity contribution < 1.29 is 5.11 Å². The number of hydrogen-bond donors (Lipinski definition) is 1. The molecule has 0 spiro atoms. The minimum atomic E-state index is -0.683. The summed E-state index contributed by atoms with van der Waals surface area (Å²) >= 11 is 6.22. The van der Waals surface area contributed by atoms with E-state index < -0.39 is 6.10 Å². The molecule has 112 valence electrons. The van der Waals surface area contributed by atoms with Gasteiger partial charge in [-0.25, -0.2) is 0 Å². The summed E-state index contributed by atoms with van der Waals surface area (Å²) < 4.78 is 0. The third-order valence-electron chi connectivity index (χ3n) is 3.89. The van der Waals surface area contributed by atoms with Crippen LogP contribution in [-0.2, 0) is 0 Å². The molecule has 0 bridgehead atoms. The first kappa shape index (κ1) is 16.1. The first-order chi connectivity index (χ1) is 9.91. The maximum Gasteiger partial charge on any atom is 0.106 e. The van der Waals surface area contributed by atoms with Crippen molar-refractivity contribution in [3.8, 4) is 0 Å². The molecule has 0 aliphatic heterocycles. The van der Waals surface area contributed by atoms with Gasteiger partial charge in [-0.3, -0.25) is 0 Å². The zero-order valence-electron chi connectivity index (χ0n) is 13.1. The molecular weight excluding hydrogens is 280 g/mol. The van der Waals surface area contributed by atoms with E-state index in [2.05, 4.69) is 39.8 Å². The van der Waals surface area contributed by atoms with Crippen LogP contribution < -0.4 is 0 Å². The number of benzene rings is 2. The first-order valence-corrected chi connectivity index (χ1v) is 7.85. The summed E-state index contributed by atoms with van der Waals surface area (Å²) in [4.78, 5) is 0. The molecule has 2 rings (SSSR count). The standard InChI is InChI=1S/C19H23ClO/c1-12(2)14-9-10-15(17(11-14)13(3)4)19(21)16-7-5-6-8-18(16)20/h5-13,19,21H,1-4H3. The fourth-order valence-corrected chi connectivity index (χ4v) is 2.80. The van der Waals surface area contributed by atoms with Gasteiger partial charge in [-0.05, 0) is 34.6 Å². The summed E-state index contributed by atoms with van der Waals surface area (Å²) in [6.07, 6.45) is -0.683. The average Bonchev–Trinajstić information content (AvgIpc) is 2.46. The molecule has 0 aliphatic rings. The van der Waals surface area contributed by atoms with Gasteiger partial charge in [0, 0.05) is 10.6 Å². The Kier molecular flexibility index (Phi) is 5.08. The molecule has 0 amide bonds. The molecule has 0 saturated heterocycles. The molecule has 21 heavy (non-hydrogen) atoms. The molecular formula is C19H23ClO. The molecule has 2 aromatic carbocycles. The minimum Gasteiger partial charge on any atom is -0.384 e. The molecule has 0 heterocycles. The molecule has 1 unspecified atom stereocenters. The summed E-state index contributed by atoms with van der Waals surface area (Å²) in [7, 11) is 0. The van der Waals surface area contributed by atoms with Crippen molar-refractivity contribution in [2.75, 3.05) is 0 Å². The fraction of sp³-hybridized carbons (Fsp3) is 0.368. The zero-order valence-corrected chi connectivity index (χ0v) is 13.9. The number of halogens is 1. The van der Waals surface area contributed by atoms with Crippen molar-refractivity contribution in [3.63, 3.8) is 0 Å². The van der Waals surface area contributed by atoms with Crippen molar-refractivity contribution in [2.45, 2.75) is 45.6 Å². The molecule has 0 aromatic heterocycles. The maximum atomic E-state index is 10.7. The van der Waals surface area contributed by atoms with Gasteiger partial charge < -0.3 is 5.11 Å². The third kappa shape index (κ3) is 3.48. The Morgan fingerprint density at radius 2 is 1.48 bits per heavy atom. The monoisotopic (exact) mass is 302 g/mol. The van der Waals surface area contributed by atoms with E-state index in [-0.39, 0.29) is 0 Å². The molecule has 0 radical (unpaired) electrons. The van der Waals surface area contributed by atoms with Crippen molar-refractivity contribution >= 4 is 11.6 Å². The number of rotatable bonds is 4. The lowest BCUT2D eigenvalue weighted by Gasteiger charge is -2.21. The summed E-state index contributed by atoms with van der Waals surface area (Å²) in [5.41, 5.74) is 4.20. The summed E-state index contributed by atoms with van der Waals surface area (Å²) in [6.45, 7) is 8.68. The van der Waals surface area contributed by atoms with Gasteiger partial charge in [-0.2, -0.15) is 0 Å². The summed E-state index contributed by atoms with van der Waals surface area (Å²) in [5, 5.41) is 11.4. The predicted molar refractivity (Wildman–Crippen MR) is 90.1 cm³/mol. The van der Waals surface area contributed by atoms with E-state index in [9.17, 15) is 5.11 Å². The van der Waals surface area contributed by atoms with E-state index in [4.69, 9.17) is 11.6 Å². The average molecular weight is 303 g/mol. The smallest absolute Gasteiger partial charge is 0.106 e. The molecule has 1 nitrogen and oxygen atoms in total. The fourth-order valence-electron chi connectivity index (χ4n) is 2.57. The highest BCUT2D eigenvalue weighted by Crippen LogP contribution is 2.34. The highest BCUT2D eigenvalue weighted by molar-refractivity contribution is 6.31. The van der Waals surface area contributed by atoms with Gasteiger partial charge in [-0.15, -0.1) is 0 Å². The largest absolute Gasteiger partial charge is 0.384 e. The molecule has 1 N–H and O–H groups in total. The highest BCUT2D eigenvalue weighted by atomic mass is 35.5. The number of hydrogen-bond acceptors (Lipinski definition) is 1. The molecule has 0 saturated carbocycles. The Labute approximate surface area is 132 Å². The van der Waals surface area contributed by atoms with Crippen LogP contribution in [-0.4, -0.2) is 5.11 Å². The van der Waals surface area contributed by atoms with Crippen LogP contribution in [0.3, 0.4) is 0 Å². The highest BCUT2D eigenvalue weighted by Gasteiger charge is 2.19. The van der Waals surface area contributed by atoms with Crippen molar-refractivity contribution in [2.24, 2.45) is 0 Å². The summed E-state index contributed by atoms with van der Waals surface area (Å²) in [5.74, 6) is 0.838. The third-order valence-corrected chi connectivity index (χ3v) is 4.24. The second kappa shape index (κ2) is 6.64. The van der Waals surface area contributed by atoms with E-state index in [1.807, 2.05) is 30.3 Å². The first-order valence-electron chi connectivity index (χ1n) is 7.48. The van der Waals surface area contributed by atoms with Gasteiger partial charge in [0.15, 0.2) is 0 Å². The quantitative estimate of drug-likeness (QED) is 0.771. The predicted octanol–water partition coefficient (Wildman–Crippen LogP) is 5.67. The topological polar surface area (TPSA) is 20.2 Å². The van der Waals surface area contributed by atoms with E-state index in [1.54, 1.807) is 0 Å². The lowest BCUT2D eigenvalue weighted by atomic mass is 9.87. The van der Waals surface area contributed by atoms with Gasteiger partial charge in [0.1, 0.15) is 6.10 Å². The Morgan fingerprint density at radius 3 is 2.05 bits per heavy atom. The molecule has 0 fully saturated rings. The maximum absolute atomic E-state index is 10.7. The van der Waals surface area contributed by atoms with Crippen LogP contribution >= 0.6 is 11.6 Å². The zero-order chi connectivity index (χ0) is 15.6. The van der Waals surface area contributed by atoms with Crippen molar-refractivity contribution in [1.82, 2.24) is 0 Å². The van der Waals surface area contributed by atoms with Gasteiger partial charge in [0.25, 0.3) is 0 Å². The Hall–Kier alpha value is -1.31. The van der Waals surface area contributed by atoms with Crippen molar-refractivity contribution in [1.29, 1.82) is 0 Å². The van der Waals surface area contributed by atoms with Gasteiger partial charge in [-0.1, -0.05) is 75.7 Å². The lowest BCUT2D eigenvalue weighted by Crippen LogP contribution is -2.07. The number of aliphatic hydroxyl groups excluding tert-OH is 1. The van der Waals surface area contributed by atoms with Gasteiger partial charge in [0.05, 0.1) is 0 Å². The van der Waals surface area contributed by atoms with E-state index in [0.29, 0.717) is 16.9 Å². The SMILES string of the molecule is CC(C)c1ccc(C(O)c2ccccc2Cl)c(C(C)C)c1. The van der Waals surface area contributed by atoms with Crippen LogP contribution in [0.2, 0.25) is 5.02 Å². The lowest BCUT2D eigenvalue weighted by molar-refractivity contribution is 0.219. The van der Waals surface area contributed by atoms with Crippen LogP contribution in [0.5, 0.6) is 0 Å². The van der Waals surface area contributed by atoms with Gasteiger partial charge in [0.2, 0.25) is 0 Å². The van der Waals surface area contributed by atoms with Crippen molar-refractivity contribution in [3.05, 3.63) is 69.7 Å². The number of aliphatic hydroxyl groups is 1. The van der Waals surface area contributed by atoms with Crippen LogP contribution in [0.1, 0.15) is 67.9 Å². The Bertz CT molecular complexity index is 617. The van der Waals surface area contributed by atoms with E-state index in [1.165, 1.54) is 11.1 Å². The Balaban J connectivity index is 2.50. The van der Waals surface area contributed by atoms with Crippen LogP contribution in [0, 0.1) is 0 Å². The van der Waals surface area contributed by atoms with Crippen LogP contribution in [0.25, 0.3) is 0 Å². The second-order valence-electron chi connectivity index (χ2n) is 6.12. The summed E-state index contributed by atoms with van der Waals surface area (Å²) in [6, 6.07) is 13.8. The Morgan fingerprint density at radius 1 is 0.810 bits per heavy atom. The van der Waals surface area contributed by atoms with E-state index in [0.717, 1.165) is 11.1 Å². The molecule has 2 aromatic rings. The van der Waals surface area contributed by atoms with Gasteiger partial charge >= 0.3 is 0 Å². The molecule has 1 atom stereocenters. The van der Waals surface area contributed by atoms with Crippen LogP contribution in [0.4, 0.5) is 0 Å². The van der Waals surface area contributed by atoms with Crippen LogP contribution in [0.15, 0.2) is 42.5 Å². The normalized spacial score (nSPS) is 13.0. The molecule has 0 aliphatic carbocycles. The van der Waals surface area contributed by atoms with E-state index >= 15 is 0 Å². The minimum absolute atomic E-state index is 0.357.